The fourth-order valence-corrected chi connectivity index (χ4v) is 2.33. The van der Waals surface area contributed by atoms with Gasteiger partial charge in [-0.05, 0) is 19.4 Å². The standard InChI is InChI=1S/C14H23FN4O2S.HI/c1-3-22(20,21)19-10-6-9-17-14(16-2)18-11-12-7-4-5-8-13(12)15;/h4-5,7-8,19H,3,6,9-11H2,1-2H3,(H2,16,17,18);1H. The highest BCUT2D eigenvalue weighted by Crippen LogP contribution is 2.05. The van der Waals surface area contributed by atoms with E-state index in [1.54, 1.807) is 32.2 Å². The molecule has 0 aliphatic heterocycles. The van der Waals surface area contributed by atoms with Crippen molar-refractivity contribution in [1.29, 1.82) is 0 Å². The third kappa shape index (κ3) is 9.06. The minimum absolute atomic E-state index is 0. The first kappa shape index (κ1) is 22.1. The Morgan fingerprint density at radius 3 is 2.52 bits per heavy atom. The van der Waals surface area contributed by atoms with Gasteiger partial charge in [0.05, 0.1) is 5.75 Å². The molecule has 1 aromatic rings. The van der Waals surface area contributed by atoms with E-state index >= 15 is 0 Å². The molecule has 1 aromatic carbocycles. The molecule has 0 atom stereocenters. The van der Waals surface area contributed by atoms with Crippen molar-refractivity contribution < 1.29 is 12.8 Å². The van der Waals surface area contributed by atoms with E-state index in [9.17, 15) is 12.8 Å². The van der Waals surface area contributed by atoms with Crippen LogP contribution < -0.4 is 15.4 Å². The van der Waals surface area contributed by atoms with Crippen molar-refractivity contribution in [3.63, 3.8) is 0 Å². The fourth-order valence-electron chi connectivity index (χ4n) is 1.67. The molecule has 9 heteroatoms. The summed E-state index contributed by atoms with van der Waals surface area (Å²) in [5.74, 6) is 0.354. The monoisotopic (exact) mass is 458 g/mol. The van der Waals surface area contributed by atoms with Gasteiger partial charge in [-0.25, -0.2) is 17.5 Å². The maximum Gasteiger partial charge on any atom is 0.211 e. The maximum absolute atomic E-state index is 13.5. The van der Waals surface area contributed by atoms with Crippen LogP contribution in [0, 0.1) is 5.82 Å². The first-order valence-corrected chi connectivity index (χ1v) is 8.79. The van der Waals surface area contributed by atoms with Crippen molar-refractivity contribution in [2.24, 2.45) is 4.99 Å². The van der Waals surface area contributed by atoms with Gasteiger partial charge in [-0.15, -0.1) is 24.0 Å². The number of aliphatic imine (C=N–C) groups is 1. The summed E-state index contributed by atoms with van der Waals surface area (Å²) in [7, 11) is -1.52. The van der Waals surface area contributed by atoms with Gasteiger partial charge in [-0.3, -0.25) is 4.99 Å². The van der Waals surface area contributed by atoms with Crippen LogP contribution in [0.25, 0.3) is 0 Å². The second kappa shape index (κ2) is 11.6. The van der Waals surface area contributed by atoms with Crippen LogP contribution in [0.15, 0.2) is 29.3 Å². The van der Waals surface area contributed by atoms with Gasteiger partial charge in [0.25, 0.3) is 0 Å². The molecule has 3 N–H and O–H groups in total. The van der Waals surface area contributed by atoms with Gasteiger partial charge in [-0.1, -0.05) is 18.2 Å². The third-order valence-corrected chi connectivity index (χ3v) is 4.38. The van der Waals surface area contributed by atoms with Gasteiger partial charge in [0.15, 0.2) is 5.96 Å². The fraction of sp³-hybridized carbons (Fsp3) is 0.500. The van der Waals surface area contributed by atoms with Crippen LogP contribution in [-0.2, 0) is 16.6 Å². The first-order chi connectivity index (χ1) is 10.5. The van der Waals surface area contributed by atoms with Gasteiger partial charge in [-0.2, -0.15) is 0 Å². The zero-order chi connectivity index (χ0) is 16.4. The van der Waals surface area contributed by atoms with E-state index in [-0.39, 0.29) is 35.5 Å². The second-order valence-electron chi connectivity index (χ2n) is 4.60. The molecule has 0 heterocycles. The van der Waals surface area contributed by atoms with Gasteiger partial charge in [0, 0.05) is 32.2 Å². The molecule has 0 aliphatic carbocycles. The lowest BCUT2D eigenvalue weighted by Crippen LogP contribution is -2.38. The normalized spacial score (nSPS) is 11.7. The molecule has 0 bridgehead atoms. The van der Waals surface area contributed by atoms with E-state index in [0.29, 0.717) is 37.6 Å². The summed E-state index contributed by atoms with van der Waals surface area (Å²) < 4.78 is 38.4. The third-order valence-electron chi connectivity index (χ3n) is 2.98. The molecule has 1 rings (SSSR count). The van der Waals surface area contributed by atoms with Crippen LogP contribution in [0.5, 0.6) is 0 Å². The number of hydrogen-bond acceptors (Lipinski definition) is 3. The van der Waals surface area contributed by atoms with E-state index in [1.165, 1.54) is 6.07 Å². The zero-order valence-corrected chi connectivity index (χ0v) is 16.4. The minimum atomic E-state index is -3.14. The Morgan fingerprint density at radius 2 is 1.91 bits per heavy atom. The van der Waals surface area contributed by atoms with Gasteiger partial charge >= 0.3 is 0 Å². The average Bonchev–Trinajstić information content (AvgIpc) is 2.51. The Bertz CT molecular complexity index is 596. The van der Waals surface area contributed by atoms with Gasteiger partial charge in [0.1, 0.15) is 5.82 Å². The number of nitrogens with zero attached hydrogens (tertiary/aromatic N) is 1. The van der Waals surface area contributed by atoms with E-state index < -0.39 is 10.0 Å². The summed E-state index contributed by atoms with van der Waals surface area (Å²) in [6.45, 7) is 2.85. The molecular weight excluding hydrogens is 434 g/mol. The predicted octanol–water partition coefficient (Wildman–Crippen LogP) is 1.44. The summed E-state index contributed by atoms with van der Waals surface area (Å²) in [6.07, 6.45) is 0.625. The number of halogens is 2. The molecule has 0 spiro atoms. The molecule has 0 saturated carbocycles. The van der Waals surface area contributed by atoms with E-state index in [0.717, 1.165) is 0 Å². The zero-order valence-electron chi connectivity index (χ0n) is 13.3. The molecule has 6 nitrogen and oxygen atoms in total. The Balaban J connectivity index is 0.00000484. The first-order valence-electron chi connectivity index (χ1n) is 7.13. The quantitative estimate of drug-likeness (QED) is 0.238. The molecule has 0 unspecified atom stereocenters. The summed E-state index contributed by atoms with van der Waals surface area (Å²) in [5.41, 5.74) is 0.557. The maximum atomic E-state index is 13.5. The second-order valence-corrected chi connectivity index (χ2v) is 6.69. The predicted molar refractivity (Wildman–Crippen MR) is 102 cm³/mol. The molecule has 0 aromatic heterocycles. The summed E-state index contributed by atoms with van der Waals surface area (Å²) in [4.78, 5) is 4.03. The lowest BCUT2D eigenvalue weighted by atomic mass is 10.2. The van der Waals surface area contributed by atoms with Gasteiger partial charge < -0.3 is 10.6 Å². The number of rotatable bonds is 8. The van der Waals surface area contributed by atoms with Crippen LogP contribution in [0.1, 0.15) is 18.9 Å². The topological polar surface area (TPSA) is 82.6 Å². The highest BCUT2D eigenvalue weighted by atomic mass is 127. The molecule has 0 fully saturated rings. The Labute approximate surface area is 154 Å². The molecule has 0 aliphatic rings. The van der Waals surface area contributed by atoms with E-state index in [2.05, 4.69) is 20.3 Å². The number of nitrogens with one attached hydrogen (secondary N) is 3. The smallest absolute Gasteiger partial charge is 0.211 e. The summed E-state index contributed by atoms with van der Waals surface area (Å²) in [6, 6.07) is 6.53. The van der Waals surface area contributed by atoms with Crippen molar-refractivity contribution in [3.8, 4) is 0 Å². The highest BCUT2D eigenvalue weighted by Gasteiger charge is 2.05. The Morgan fingerprint density at radius 1 is 1.22 bits per heavy atom. The Kier molecular flexibility index (Phi) is 11.1. The van der Waals surface area contributed by atoms with Crippen LogP contribution >= 0.6 is 24.0 Å². The highest BCUT2D eigenvalue weighted by molar-refractivity contribution is 14.0. The number of sulfonamides is 1. The SMILES string of the molecule is CCS(=O)(=O)NCCCNC(=NC)NCc1ccccc1F.I. The van der Waals surface area contributed by atoms with Crippen LogP contribution in [0.4, 0.5) is 4.39 Å². The lowest BCUT2D eigenvalue weighted by Gasteiger charge is -2.12. The van der Waals surface area contributed by atoms with Crippen molar-refractivity contribution in [3.05, 3.63) is 35.6 Å². The molecule has 23 heavy (non-hydrogen) atoms. The average molecular weight is 458 g/mol. The molecule has 0 radical (unpaired) electrons. The summed E-state index contributed by atoms with van der Waals surface area (Å²) in [5, 5.41) is 6.05. The number of guanidine groups is 1. The molecule has 132 valence electrons. The van der Waals surface area contributed by atoms with Crippen molar-refractivity contribution in [2.45, 2.75) is 19.9 Å². The van der Waals surface area contributed by atoms with Crippen LogP contribution in [0.2, 0.25) is 0 Å². The summed E-state index contributed by atoms with van der Waals surface area (Å²) >= 11 is 0. The molecule has 0 saturated heterocycles. The minimum Gasteiger partial charge on any atom is -0.356 e. The van der Waals surface area contributed by atoms with Crippen LogP contribution in [0.3, 0.4) is 0 Å². The molecule has 0 amide bonds. The molecular formula is C14H24FIN4O2S. The largest absolute Gasteiger partial charge is 0.356 e. The van der Waals surface area contributed by atoms with Crippen LogP contribution in [-0.4, -0.2) is 40.3 Å². The Hall–Kier alpha value is -0.940. The van der Waals surface area contributed by atoms with Crippen molar-refractivity contribution in [1.82, 2.24) is 15.4 Å². The number of benzene rings is 1. The van der Waals surface area contributed by atoms with Crippen molar-refractivity contribution >= 4 is 40.0 Å². The van der Waals surface area contributed by atoms with E-state index in [1.807, 2.05) is 0 Å². The lowest BCUT2D eigenvalue weighted by molar-refractivity contribution is 0.579. The van der Waals surface area contributed by atoms with Gasteiger partial charge in [0.2, 0.25) is 10.0 Å². The van der Waals surface area contributed by atoms with E-state index in [4.69, 9.17) is 0 Å². The van der Waals surface area contributed by atoms with Crippen molar-refractivity contribution in [2.75, 3.05) is 25.9 Å². The number of hydrogen-bond donors (Lipinski definition) is 3.